The maximum Gasteiger partial charge on any atom is 0.336 e. The third-order valence-corrected chi connectivity index (χ3v) is 1.80. The molecule has 13 heavy (non-hydrogen) atoms. The summed E-state index contributed by atoms with van der Waals surface area (Å²) in [5.41, 5.74) is 0.608. The molecule has 1 N–H and O–H groups in total. The zero-order chi connectivity index (χ0) is 10.1. The molecule has 0 amide bonds. The van der Waals surface area contributed by atoms with Crippen LogP contribution < -0.4 is 0 Å². The Bertz CT molecular complexity index is 510. The molecule has 0 aliphatic carbocycles. The number of hydrogen-bond acceptors (Lipinski definition) is 2. The molecule has 0 aliphatic rings. The topological polar surface area (TPSA) is 50.2 Å². The van der Waals surface area contributed by atoms with Crippen LogP contribution in [0.3, 0.4) is 0 Å². The van der Waals surface area contributed by atoms with Crippen molar-refractivity contribution in [1.82, 2.24) is 4.98 Å². The van der Waals surface area contributed by atoms with Crippen molar-refractivity contribution in [3.05, 3.63) is 42.1 Å². The average Bonchev–Trinajstić information content (AvgIpc) is 2.17. The summed E-state index contributed by atoms with van der Waals surface area (Å²) in [4.78, 5) is 14.9. The van der Waals surface area contributed by atoms with Crippen molar-refractivity contribution in [1.29, 1.82) is 0 Å². The van der Waals surface area contributed by atoms with E-state index in [4.69, 9.17) is 6.48 Å². The Kier molecular flexibility index (Phi) is 1.45. The van der Waals surface area contributed by atoms with Crippen LogP contribution in [0.4, 0.5) is 0 Å². The van der Waals surface area contributed by atoms with Gasteiger partial charge in [-0.1, -0.05) is 18.2 Å². The van der Waals surface area contributed by atoms with E-state index in [0.29, 0.717) is 10.9 Å². The van der Waals surface area contributed by atoms with Gasteiger partial charge >= 0.3 is 5.97 Å². The van der Waals surface area contributed by atoms with E-state index in [-0.39, 0.29) is 11.6 Å². The molecule has 3 heteroatoms. The molecule has 2 rings (SSSR count). The first kappa shape index (κ1) is 6.60. The van der Waals surface area contributed by atoms with Crippen molar-refractivity contribution in [3.63, 3.8) is 0 Å². The van der Waals surface area contributed by atoms with Crippen LogP contribution in [0.2, 0.25) is 0 Å². The molecule has 0 aliphatic heterocycles. The lowest BCUT2D eigenvalue weighted by molar-refractivity contribution is 0.0699. The van der Waals surface area contributed by atoms with Crippen molar-refractivity contribution in [3.8, 4) is 0 Å². The average molecular weight is 174 g/mol. The van der Waals surface area contributed by atoms with E-state index in [2.05, 4.69) is 4.98 Å². The second-order valence-electron chi connectivity index (χ2n) is 2.60. The third kappa shape index (κ3) is 1.24. The molecule has 64 valence electrons. The van der Waals surface area contributed by atoms with Gasteiger partial charge in [-0.2, -0.15) is 0 Å². The van der Waals surface area contributed by atoms with Crippen LogP contribution in [0.15, 0.2) is 36.5 Å². The molecule has 1 aromatic heterocycles. The number of aromatic carboxylic acids is 1. The van der Waals surface area contributed by atoms with Gasteiger partial charge in [0.25, 0.3) is 0 Å². The first-order valence-corrected chi connectivity index (χ1v) is 3.78. The number of fused-ring (bicyclic) bond motifs is 1. The van der Waals surface area contributed by atoms with E-state index in [1.807, 2.05) is 0 Å². The Morgan fingerprint density at radius 3 is 3.00 bits per heavy atom. The van der Waals surface area contributed by atoms with Gasteiger partial charge in [0.05, 0.1) is 12.5 Å². The minimum atomic E-state index is -1.09. The molecule has 0 bridgehead atoms. The van der Waals surface area contributed by atoms with Crippen molar-refractivity contribution >= 4 is 16.9 Å². The number of rotatable bonds is 1. The zero-order valence-corrected chi connectivity index (χ0v) is 6.69. The van der Waals surface area contributed by atoms with Crippen LogP contribution >= 0.6 is 0 Å². The molecule has 0 unspecified atom stereocenters. The van der Waals surface area contributed by atoms with Gasteiger partial charge in [-0.15, -0.1) is 0 Å². The van der Waals surface area contributed by atoms with Crippen LogP contribution in [0.25, 0.3) is 10.9 Å². The Morgan fingerprint density at radius 2 is 2.23 bits per heavy atom. The SMILES string of the molecule is [2H]c1cnc2ccccc2c1C(=O)O. The number of para-hydroxylation sites is 1. The van der Waals surface area contributed by atoms with Crippen LogP contribution in [0.1, 0.15) is 11.7 Å². The fraction of sp³-hybridized carbons (Fsp3) is 0. The summed E-state index contributed by atoms with van der Waals surface area (Å²) in [6.07, 6.45) is 1.26. The van der Waals surface area contributed by atoms with Crippen molar-refractivity contribution < 1.29 is 11.3 Å². The predicted octanol–water partition coefficient (Wildman–Crippen LogP) is 1.93. The molecule has 1 aromatic carbocycles. The first-order chi connectivity index (χ1) is 6.70. The van der Waals surface area contributed by atoms with Gasteiger partial charge in [0.15, 0.2) is 0 Å². The van der Waals surface area contributed by atoms with Crippen LogP contribution in [-0.4, -0.2) is 16.1 Å². The number of carboxylic acids is 1. The minimum Gasteiger partial charge on any atom is -0.478 e. The Morgan fingerprint density at radius 1 is 1.46 bits per heavy atom. The van der Waals surface area contributed by atoms with Crippen molar-refractivity contribution in [2.45, 2.75) is 0 Å². The van der Waals surface area contributed by atoms with Crippen LogP contribution in [-0.2, 0) is 0 Å². The molecule has 1 heterocycles. The van der Waals surface area contributed by atoms with Gasteiger partial charge in [0.2, 0.25) is 0 Å². The third-order valence-electron chi connectivity index (χ3n) is 1.80. The van der Waals surface area contributed by atoms with Gasteiger partial charge in [0.1, 0.15) is 0 Å². The number of hydrogen-bond donors (Lipinski definition) is 1. The van der Waals surface area contributed by atoms with Gasteiger partial charge in [-0.25, -0.2) is 4.79 Å². The molecule has 0 saturated heterocycles. The normalized spacial score (nSPS) is 11.2. The maximum absolute atomic E-state index is 10.9. The van der Waals surface area contributed by atoms with E-state index >= 15 is 0 Å². The predicted molar refractivity (Wildman–Crippen MR) is 48.7 cm³/mol. The number of pyridine rings is 1. The highest BCUT2D eigenvalue weighted by atomic mass is 16.4. The molecular weight excluding hydrogens is 166 g/mol. The van der Waals surface area contributed by atoms with Gasteiger partial charge in [-0.05, 0) is 12.1 Å². The summed E-state index contributed by atoms with van der Waals surface area (Å²) in [6, 6.07) is 6.84. The lowest BCUT2D eigenvalue weighted by atomic mass is 10.1. The highest BCUT2D eigenvalue weighted by molar-refractivity contribution is 6.02. The fourth-order valence-electron chi connectivity index (χ4n) is 1.22. The molecule has 3 nitrogen and oxygen atoms in total. The molecule has 0 spiro atoms. The number of benzene rings is 1. The number of aromatic nitrogens is 1. The standard InChI is InChI=1S/C10H7NO2/c12-10(13)8-5-6-11-9-4-2-1-3-7(8)9/h1-6H,(H,12,13)/i5D. The number of carboxylic acid groups (broad SMARTS) is 1. The summed E-state index contributed by atoms with van der Waals surface area (Å²) < 4.78 is 7.44. The molecule has 2 aromatic rings. The molecule has 0 atom stereocenters. The molecule has 0 fully saturated rings. The first-order valence-electron chi connectivity index (χ1n) is 4.28. The Balaban J connectivity index is 2.90. The van der Waals surface area contributed by atoms with E-state index < -0.39 is 5.97 Å². The van der Waals surface area contributed by atoms with E-state index in [0.717, 1.165) is 0 Å². The van der Waals surface area contributed by atoms with E-state index in [1.54, 1.807) is 24.3 Å². The highest BCUT2D eigenvalue weighted by Crippen LogP contribution is 2.15. The van der Waals surface area contributed by atoms with Gasteiger partial charge < -0.3 is 5.11 Å². The number of carbonyl (C=O) groups is 1. The summed E-state index contributed by atoms with van der Waals surface area (Å²) in [5, 5.41) is 9.42. The molecule has 0 radical (unpaired) electrons. The second-order valence-corrected chi connectivity index (χ2v) is 2.60. The largest absolute Gasteiger partial charge is 0.478 e. The fourth-order valence-corrected chi connectivity index (χ4v) is 1.22. The number of nitrogens with zero attached hydrogens (tertiary/aromatic N) is 1. The van der Waals surface area contributed by atoms with Crippen LogP contribution in [0.5, 0.6) is 0 Å². The molecule has 0 saturated carbocycles. The minimum absolute atomic E-state index is 0.00981. The summed E-state index contributed by atoms with van der Waals surface area (Å²) in [7, 11) is 0. The van der Waals surface area contributed by atoms with Crippen molar-refractivity contribution in [2.24, 2.45) is 0 Å². The van der Waals surface area contributed by atoms with Crippen LogP contribution in [0, 0.1) is 0 Å². The van der Waals surface area contributed by atoms with Crippen molar-refractivity contribution in [2.75, 3.05) is 0 Å². The summed E-state index contributed by atoms with van der Waals surface area (Å²) >= 11 is 0. The quantitative estimate of drug-likeness (QED) is 0.718. The zero-order valence-electron chi connectivity index (χ0n) is 7.69. The summed E-state index contributed by atoms with van der Waals surface area (Å²) in [5.74, 6) is -1.09. The van der Waals surface area contributed by atoms with E-state index in [9.17, 15) is 4.79 Å². The summed E-state index contributed by atoms with van der Waals surface area (Å²) in [6.45, 7) is 0. The van der Waals surface area contributed by atoms with Gasteiger partial charge in [-0.3, -0.25) is 4.98 Å². The van der Waals surface area contributed by atoms with Gasteiger partial charge in [0, 0.05) is 11.6 Å². The van der Waals surface area contributed by atoms with E-state index in [1.165, 1.54) is 6.20 Å². The monoisotopic (exact) mass is 174 g/mol. The maximum atomic E-state index is 10.9. The smallest absolute Gasteiger partial charge is 0.336 e. The Hall–Kier alpha value is -1.90. The highest BCUT2D eigenvalue weighted by Gasteiger charge is 2.06. The lowest BCUT2D eigenvalue weighted by Crippen LogP contribution is -1.97. The lowest BCUT2D eigenvalue weighted by Gasteiger charge is -1.99. The molecular formula is C10H7NO2. The Labute approximate surface area is 76.1 Å². The second kappa shape index (κ2) is 2.86.